The highest BCUT2D eigenvalue weighted by molar-refractivity contribution is 6.33. The monoisotopic (exact) mass is 268 g/mol. The molecule has 0 aliphatic carbocycles. The number of likely N-dealkylation sites (N-methyl/N-ethyl adjacent to an activating group) is 1. The van der Waals surface area contributed by atoms with Gasteiger partial charge in [-0.25, -0.2) is 4.98 Å². The summed E-state index contributed by atoms with van der Waals surface area (Å²) in [5.41, 5.74) is 6.04. The molecule has 6 heteroatoms. The summed E-state index contributed by atoms with van der Waals surface area (Å²) in [6, 6.07) is 1.54. The Morgan fingerprint density at radius 3 is 2.94 bits per heavy atom. The summed E-state index contributed by atoms with van der Waals surface area (Å²) in [4.78, 5) is 20.3. The third-order valence-electron chi connectivity index (χ3n) is 3.11. The molecule has 1 amide bonds. The van der Waals surface area contributed by atoms with Gasteiger partial charge in [-0.1, -0.05) is 11.6 Å². The van der Waals surface area contributed by atoms with Crippen molar-refractivity contribution in [1.29, 1.82) is 0 Å². The van der Waals surface area contributed by atoms with E-state index in [0.29, 0.717) is 22.9 Å². The lowest BCUT2D eigenvalue weighted by Gasteiger charge is -2.21. The third-order valence-corrected chi connectivity index (χ3v) is 3.41. The van der Waals surface area contributed by atoms with Crippen LogP contribution < -0.4 is 5.73 Å². The van der Waals surface area contributed by atoms with E-state index in [4.69, 9.17) is 17.3 Å². The van der Waals surface area contributed by atoms with Crippen molar-refractivity contribution in [2.75, 3.05) is 39.0 Å². The molecule has 1 aromatic heterocycles. The standard InChI is InChI=1S/C12H17ClN4O/c1-16-3-2-4-17(6-5-16)12(18)9-7-11(14)15-8-10(9)13/h7-8H,2-6H2,1H3,(H2,14,15). The number of carbonyl (C=O) groups excluding carboxylic acids is 1. The third kappa shape index (κ3) is 2.91. The van der Waals surface area contributed by atoms with Crippen LogP contribution in [0.5, 0.6) is 0 Å². The van der Waals surface area contributed by atoms with E-state index in [9.17, 15) is 4.79 Å². The van der Waals surface area contributed by atoms with Crippen LogP contribution in [0.2, 0.25) is 5.02 Å². The largest absolute Gasteiger partial charge is 0.384 e. The van der Waals surface area contributed by atoms with Crippen LogP contribution in [-0.2, 0) is 0 Å². The molecule has 0 unspecified atom stereocenters. The number of nitrogens with two attached hydrogens (primary N) is 1. The van der Waals surface area contributed by atoms with E-state index in [1.807, 2.05) is 4.90 Å². The molecule has 1 fully saturated rings. The highest BCUT2D eigenvalue weighted by Crippen LogP contribution is 2.19. The lowest BCUT2D eigenvalue weighted by Crippen LogP contribution is -2.34. The molecule has 0 atom stereocenters. The average Bonchev–Trinajstić information content (AvgIpc) is 2.56. The van der Waals surface area contributed by atoms with E-state index in [0.717, 1.165) is 26.1 Å². The molecule has 0 aromatic carbocycles. The van der Waals surface area contributed by atoms with E-state index >= 15 is 0 Å². The molecule has 2 rings (SSSR count). The summed E-state index contributed by atoms with van der Waals surface area (Å²) in [5, 5.41) is 0.354. The minimum atomic E-state index is -0.0654. The Bertz CT molecular complexity index is 452. The van der Waals surface area contributed by atoms with Gasteiger partial charge in [-0.2, -0.15) is 0 Å². The molecule has 18 heavy (non-hydrogen) atoms. The van der Waals surface area contributed by atoms with Gasteiger partial charge in [0.15, 0.2) is 0 Å². The maximum Gasteiger partial charge on any atom is 0.255 e. The number of nitrogen functional groups attached to an aromatic ring is 1. The van der Waals surface area contributed by atoms with Crippen molar-refractivity contribution in [3.63, 3.8) is 0 Å². The summed E-state index contributed by atoms with van der Waals surface area (Å²) in [6.45, 7) is 3.36. The number of hydrogen-bond donors (Lipinski definition) is 1. The Hall–Kier alpha value is -1.33. The van der Waals surface area contributed by atoms with Gasteiger partial charge in [0.2, 0.25) is 0 Å². The first-order valence-corrected chi connectivity index (χ1v) is 6.34. The van der Waals surface area contributed by atoms with E-state index < -0.39 is 0 Å². The van der Waals surface area contributed by atoms with Gasteiger partial charge in [-0.3, -0.25) is 4.79 Å². The highest BCUT2D eigenvalue weighted by atomic mass is 35.5. The van der Waals surface area contributed by atoms with Crippen molar-refractivity contribution in [3.05, 3.63) is 22.8 Å². The second kappa shape index (κ2) is 5.54. The molecule has 1 aliphatic heterocycles. The predicted molar refractivity (Wildman–Crippen MR) is 71.7 cm³/mol. The van der Waals surface area contributed by atoms with Crippen molar-refractivity contribution in [1.82, 2.24) is 14.8 Å². The molecule has 2 heterocycles. The van der Waals surface area contributed by atoms with E-state index in [1.165, 1.54) is 6.20 Å². The zero-order valence-electron chi connectivity index (χ0n) is 10.4. The van der Waals surface area contributed by atoms with Crippen LogP contribution in [0.4, 0.5) is 5.82 Å². The molecule has 0 spiro atoms. The van der Waals surface area contributed by atoms with Crippen LogP contribution in [0.3, 0.4) is 0 Å². The van der Waals surface area contributed by atoms with Crippen LogP contribution >= 0.6 is 11.6 Å². The van der Waals surface area contributed by atoms with Gasteiger partial charge in [0.1, 0.15) is 5.82 Å². The van der Waals surface area contributed by atoms with E-state index in [-0.39, 0.29) is 5.91 Å². The fourth-order valence-corrected chi connectivity index (χ4v) is 2.22. The molecule has 5 nitrogen and oxygen atoms in total. The number of nitrogens with zero attached hydrogens (tertiary/aromatic N) is 3. The Morgan fingerprint density at radius 1 is 1.39 bits per heavy atom. The molecule has 1 saturated heterocycles. The lowest BCUT2D eigenvalue weighted by atomic mass is 10.2. The fourth-order valence-electron chi connectivity index (χ4n) is 2.04. The first-order valence-electron chi connectivity index (χ1n) is 5.97. The normalized spacial score (nSPS) is 17.6. The van der Waals surface area contributed by atoms with Crippen molar-refractivity contribution in [2.45, 2.75) is 6.42 Å². The van der Waals surface area contributed by atoms with E-state index in [1.54, 1.807) is 6.07 Å². The first kappa shape index (κ1) is 13.1. The summed E-state index contributed by atoms with van der Waals surface area (Å²) >= 11 is 6.00. The van der Waals surface area contributed by atoms with Crippen molar-refractivity contribution in [2.24, 2.45) is 0 Å². The van der Waals surface area contributed by atoms with E-state index in [2.05, 4.69) is 16.9 Å². The summed E-state index contributed by atoms with van der Waals surface area (Å²) in [6.07, 6.45) is 2.40. The van der Waals surface area contributed by atoms with Gasteiger partial charge in [-0.15, -0.1) is 0 Å². The number of hydrogen-bond acceptors (Lipinski definition) is 4. The Labute approximate surface area is 112 Å². The molecule has 0 bridgehead atoms. The maximum absolute atomic E-state index is 12.4. The second-order valence-corrected chi connectivity index (χ2v) is 4.95. The predicted octanol–water partition coefficient (Wildman–Crippen LogP) is 1.09. The minimum absolute atomic E-state index is 0.0654. The molecule has 1 aromatic rings. The Kier molecular flexibility index (Phi) is 4.04. The van der Waals surface area contributed by atoms with Crippen LogP contribution in [-0.4, -0.2) is 53.9 Å². The SMILES string of the molecule is CN1CCCN(C(=O)c2cc(N)ncc2Cl)CC1. The number of aromatic nitrogens is 1. The maximum atomic E-state index is 12.4. The van der Waals surface area contributed by atoms with Crippen molar-refractivity contribution >= 4 is 23.3 Å². The number of anilines is 1. The number of pyridine rings is 1. The molecular weight excluding hydrogens is 252 g/mol. The van der Waals surface area contributed by atoms with Gasteiger partial charge in [0.25, 0.3) is 5.91 Å². The van der Waals surface area contributed by atoms with Crippen molar-refractivity contribution in [3.8, 4) is 0 Å². The number of rotatable bonds is 1. The first-order chi connectivity index (χ1) is 8.58. The van der Waals surface area contributed by atoms with Gasteiger partial charge < -0.3 is 15.5 Å². The van der Waals surface area contributed by atoms with Crippen LogP contribution in [0.25, 0.3) is 0 Å². The highest BCUT2D eigenvalue weighted by Gasteiger charge is 2.21. The van der Waals surface area contributed by atoms with Crippen LogP contribution in [0.1, 0.15) is 16.8 Å². The topological polar surface area (TPSA) is 62.5 Å². The second-order valence-electron chi connectivity index (χ2n) is 4.54. The zero-order chi connectivity index (χ0) is 13.1. The van der Waals surface area contributed by atoms with Gasteiger partial charge in [0.05, 0.1) is 10.6 Å². The summed E-state index contributed by atoms with van der Waals surface area (Å²) < 4.78 is 0. The Balaban J connectivity index is 2.17. The Morgan fingerprint density at radius 2 is 2.17 bits per heavy atom. The summed E-state index contributed by atoms with van der Waals surface area (Å²) in [7, 11) is 2.06. The lowest BCUT2D eigenvalue weighted by molar-refractivity contribution is 0.0763. The summed E-state index contributed by atoms with van der Waals surface area (Å²) in [5.74, 6) is 0.249. The smallest absolute Gasteiger partial charge is 0.255 e. The number of amides is 1. The van der Waals surface area contributed by atoms with Crippen LogP contribution in [0.15, 0.2) is 12.3 Å². The molecule has 0 saturated carbocycles. The molecule has 2 N–H and O–H groups in total. The molecular formula is C12H17ClN4O. The van der Waals surface area contributed by atoms with Gasteiger partial charge in [-0.05, 0) is 26.1 Å². The van der Waals surface area contributed by atoms with Gasteiger partial charge >= 0.3 is 0 Å². The average molecular weight is 269 g/mol. The molecule has 98 valence electrons. The quantitative estimate of drug-likeness (QED) is 0.828. The van der Waals surface area contributed by atoms with Crippen LogP contribution in [0, 0.1) is 0 Å². The minimum Gasteiger partial charge on any atom is -0.384 e. The zero-order valence-corrected chi connectivity index (χ0v) is 11.2. The molecule has 1 aliphatic rings. The number of carbonyl (C=O) groups is 1. The number of halogens is 1. The molecule has 0 radical (unpaired) electrons. The van der Waals surface area contributed by atoms with Crippen molar-refractivity contribution < 1.29 is 4.79 Å². The van der Waals surface area contributed by atoms with Gasteiger partial charge in [0, 0.05) is 25.8 Å². The fraction of sp³-hybridized carbons (Fsp3) is 0.500.